The van der Waals surface area contributed by atoms with Crippen molar-refractivity contribution < 1.29 is 4.79 Å². The minimum absolute atomic E-state index is 0.460. The Morgan fingerprint density at radius 2 is 2.00 bits per heavy atom. The summed E-state index contributed by atoms with van der Waals surface area (Å²) < 4.78 is 0. The van der Waals surface area contributed by atoms with E-state index in [0.29, 0.717) is 17.8 Å². The molecule has 0 heterocycles. The monoisotopic (exact) mass is 148 g/mol. The van der Waals surface area contributed by atoms with Crippen LogP contribution in [0.25, 0.3) is 4.98 Å². The van der Waals surface area contributed by atoms with Crippen molar-refractivity contribution in [1.82, 2.24) is 0 Å². The van der Waals surface area contributed by atoms with E-state index in [9.17, 15) is 4.79 Å². The summed E-state index contributed by atoms with van der Waals surface area (Å²) in [5.41, 5.74) is 1.13. The number of hydrogen-bond donors (Lipinski definition) is 1. The van der Waals surface area contributed by atoms with Crippen LogP contribution in [-0.4, -0.2) is 6.41 Å². The van der Waals surface area contributed by atoms with E-state index in [0.717, 1.165) is 0 Å². The predicted molar refractivity (Wildman–Crippen MR) is 40.9 cm³/mol. The molecule has 0 saturated heterocycles. The molecule has 0 radical (unpaired) electrons. The maximum Gasteiger partial charge on any atom is 0.385 e. The van der Waals surface area contributed by atoms with E-state index in [1.807, 2.05) is 0 Å². The fraction of sp³-hybridized carbons (Fsp3) is 0. The zero-order valence-electron chi connectivity index (χ0n) is 5.69. The highest BCUT2D eigenvalue weighted by Crippen LogP contribution is 2.14. The smallest absolute Gasteiger partial charge is 0.329 e. The third-order valence-corrected chi connectivity index (χ3v) is 1.21. The Labute approximate surface area is 63.5 Å². The minimum Gasteiger partial charge on any atom is -0.329 e. The fourth-order valence-corrected chi connectivity index (χ4v) is 0.692. The first-order valence-electron chi connectivity index (χ1n) is 3.02. The van der Waals surface area contributed by atoms with Crippen molar-refractivity contribution in [2.75, 3.05) is 5.32 Å². The number of carbonyl (C=O) groups is 1. The summed E-state index contributed by atoms with van der Waals surface area (Å²) in [6.45, 7) is 0. The molecule has 11 heavy (non-hydrogen) atoms. The number of anilines is 1. The summed E-state index contributed by atoms with van der Waals surface area (Å²) in [5, 5.41) is 10.7. The van der Waals surface area contributed by atoms with Gasteiger partial charge in [-0.1, -0.05) is 0 Å². The van der Waals surface area contributed by atoms with Gasteiger partial charge in [0.25, 0.3) is 0 Å². The van der Waals surface area contributed by atoms with Gasteiger partial charge in [-0.05, 0) is 12.1 Å². The van der Waals surface area contributed by atoms with Gasteiger partial charge in [0.1, 0.15) is 0 Å². The van der Waals surface area contributed by atoms with E-state index in [-0.39, 0.29) is 0 Å². The maximum atomic E-state index is 9.94. The second kappa shape index (κ2) is 3.32. The summed E-state index contributed by atoms with van der Waals surface area (Å²) in [6, 6.07) is 6.46. The zero-order chi connectivity index (χ0) is 8.10. The van der Waals surface area contributed by atoms with Crippen molar-refractivity contribution in [2.24, 2.45) is 0 Å². The van der Waals surface area contributed by atoms with Gasteiger partial charge in [-0.15, -0.1) is 0 Å². The largest absolute Gasteiger partial charge is 0.385 e. The summed E-state index contributed by atoms with van der Waals surface area (Å²) in [4.78, 5) is 12.9. The van der Waals surface area contributed by atoms with E-state index < -0.39 is 0 Å². The van der Waals surface area contributed by atoms with Crippen molar-refractivity contribution in [2.45, 2.75) is 0 Å². The lowest BCUT2D eigenvalue weighted by atomic mass is 10.3. The first kappa shape index (κ1) is 7.22. The van der Waals surface area contributed by atoms with Crippen LogP contribution in [0, 0.1) is 5.39 Å². The molecule has 4 nitrogen and oxygen atoms in total. The van der Waals surface area contributed by atoms with Crippen LogP contribution >= 0.6 is 0 Å². The molecule has 0 aliphatic rings. The van der Waals surface area contributed by atoms with Gasteiger partial charge >= 0.3 is 5.69 Å². The van der Waals surface area contributed by atoms with E-state index in [1.165, 1.54) is 0 Å². The van der Waals surface area contributed by atoms with E-state index in [4.69, 9.17) is 5.39 Å². The standard InChI is InChI=1S/C7H5N3O/c8-10-7-3-1-6(2-4-7)9-5-11/h1-5H/p+1. The van der Waals surface area contributed by atoms with E-state index in [2.05, 4.69) is 10.3 Å². The summed E-state index contributed by atoms with van der Waals surface area (Å²) in [7, 11) is 0. The molecule has 1 aromatic rings. The highest BCUT2D eigenvalue weighted by Gasteiger charge is 2.00. The van der Waals surface area contributed by atoms with E-state index >= 15 is 0 Å². The van der Waals surface area contributed by atoms with Gasteiger partial charge in [0, 0.05) is 17.8 Å². The summed E-state index contributed by atoms with van der Waals surface area (Å²) in [5.74, 6) is 0. The Hall–Kier alpha value is -1.89. The van der Waals surface area contributed by atoms with E-state index in [1.54, 1.807) is 24.3 Å². The minimum atomic E-state index is 0.460. The zero-order valence-corrected chi connectivity index (χ0v) is 5.69. The third-order valence-electron chi connectivity index (χ3n) is 1.21. The molecule has 1 aromatic carbocycles. The molecule has 0 atom stereocenters. The van der Waals surface area contributed by atoms with Crippen LogP contribution in [0.5, 0.6) is 0 Å². The Morgan fingerprint density at radius 3 is 2.45 bits per heavy atom. The Kier molecular flexibility index (Phi) is 2.18. The molecule has 0 bridgehead atoms. The normalized spacial score (nSPS) is 8.27. The van der Waals surface area contributed by atoms with Gasteiger partial charge in [-0.2, -0.15) is 0 Å². The number of nitrogens with one attached hydrogen (secondary N) is 1. The second-order valence-electron chi connectivity index (χ2n) is 1.91. The van der Waals surface area contributed by atoms with Gasteiger partial charge in [0.2, 0.25) is 11.8 Å². The molecular weight excluding hydrogens is 142 g/mol. The van der Waals surface area contributed by atoms with Gasteiger partial charge in [-0.25, -0.2) is 0 Å². The highest BCUT2D eigenvalue weighted by atomic mass is 16.1. The van der Waals surface area contributed by atoms with Crippen molar-refractivity contribution in [3.8, 4) is 0 Å². The van der Waals surface area contributed by atoms with Crippen LogP contribution in [0.2, 0.25) is 0 Å². The first-order chi connectivity index (χ1) is 5.36. The molecule has 1 rings (SSSR count). The lowest BCUT2D eigenvalue weighted by Gasteiger charge is -1.92. The number of carbonyl (C=O) groups excluding carboxylic acids is 1. The molecule has 54 valence electrons. The van der Waals surface area contributed by atoms with Crippen LogP contribution in [0.4, 0.5) is 11.4 Å². The number of nitrogens with zero attached hydrogens (tertiary/aromatic N) is 2. The fourth-order valence-electron chi connectivity index (χ4n) is 0.692. The number of rotatable bonds is 2. The number of benzene rings is 1. The summed E-state index contributed by atoms with van der Waals surface area (Å²) >= 11 is 0. The van der Waals surface area contributed by atoms with Crippen LogP contribution in [0.15, 0.2) is 24.3 Å². The lowest BCUT2D eigenvalue weighted by Crippen LogP contribution is -1.91. The van der Waals surface area contributed by atoms with Gasteiger partial charge in [0.05, 0.1) is 0 Å². The quantitative estimate of drug-likeness (QED) is 0.513. The SMILES string of the molecule is N#[N+]c1ccc(NC=O)cc1. The maximum absolute atomic E-state index is 9.94. The second-order valence-corrected chi connectivity index (χ2v) is 1.91. The Morgan fingerprint density at radius 1 is 1.36 bits per heavy atom. The average Bonchev–Trinajstić information content (AvgIpc) is 2.07. The molecule has 1 N–H and O–H groups in total. The Bertz CT molecular complexity index is 286. The third kappa shape index (κ3) is 1.76. The number of diazo groups is 1. The number of hydrogen-bond acceptors (Lipinski definition) is 2. The van der Waals surface area contributed by atoms with Crippen molar-refractivity contribution in [3.63, 3.8) is 0 Å². The average molecular weight is 148 g/mol. The molecule has 0 aliphatic heterocycles. The van der Waals surface area contributed by atoms with Gasteiger partial charge in [0.15, 0.2) is 4.98 Å². The highest BCUT2D eigenvalue weighted by molar-refractivity contribution is 5.72. The predicted octanol–water partition coefficient (Wildman–Crippen LogP) is 1.74. The molecule has 4 heteroatoms. The van der Waals surface area contributed by atoms with Gasteiger partial charge < -0.3 is 5.32 Å². The summed E-state index contributed by atoms with van der Waals surface area (Å²) in [6.07, 6.45) is 0.588. The van der Waals surface area contributed by atoms with Crippen LogP contribution < -0.4 is 5.32 Å². The van der Waals surface area contributed by atoms with Crippen LogP contribution in [0.3, 0.4) is 0 Å². The van der Waals surface area contributed by atoms with Crippen LogP contribution in [0.1, 0.15) is 0 Å². The first-order valence-corrected chi connectivity index (χ1v) is 3.02. The van der Waals surface area contributed by atoms with Crippen molar-refractivity contribution in [3.05, 3.63) is 29.2 Å². The molecular formula is C7H6N3O+. The number of amides is 1. The lowest BCUT2D eigenvalue weighted by molar-refractivity contribution is -0.105. The molecule has 0 aromatic heterocycles. The molecule has 0 aliphatic carbocycles. The topological polar surface area (TPSA) is 57.2 Å². The molecule has 0 unspecified atom stereocenters. The molecule has 1 amide bonds. The molecule has 0 spiro atoms. The Balaban J connectivity index is 2.84. The molecule has 0 fully saturated rings. The molecule has 0 saturated carbocycles. The van der Waals surface area contributed by atoms with Crippen molar-refractivity contribution in [1.29, 1.82) is 5.39 Å². The van der Waals surface area contributed by atoms with Crippen molar-refractivity contribution >= 4 is 17.8 Å². The van der Waals surface area contributed by atoms with Crippen LogP contribution in [-0.2, 0) is 4.79 Å². The van der Waals surface area contributed by atoms with Gasteiger partial charge in [-0.3, -0.25) is 4.79 Å².